The Balaban J connectivity index is 1.72. The molecule has 1 aliphatic heterocycles. The van der Waals surface area contributed by atoms with E-state index in [1.54, 1.807) is 0 Å². The van der Waals surface area contributed by atoms with Crippen LogP contribution in [0.4, 0.5) is 17.1 Å². The Morgan fingerprint density at radius 1 is 0.641 bits per heavy atom. The Bertz CT molecular complexity index is 1350. The molecule has 1 heterocycles. The summed E-state index contributed by atoms with van der Waals surface area (Å²) < 4.78 is 6.47. The molecule has 0 aromatic heterocycles. The van der Waals surface area contributed by atoms with Crippen LogP contribution in [0.15, 0.2) is 54.6 Å². The first-order chi connectivity index (χ1) is 18.9. The van der Waals surface area contributed by atoms with Gasteiger partial charge in [0.05, 0.1) is 5.56 Å². The number of benzene rings is 3. The third-order valence-electron chi connectivity index (χ3n) is 8.48. The van der Waals surface area contributed by atoms with Crippen LogP contribution in [-0.2, 0) is 10.3 Å². The van der Waals surface area contributed by atoms with Crippen LogP contribution in [0.2, 0.25) is 0 Å². The van der Waals surface area contributed by atoms with Crippen molar-refractivity contribution in [1.82, 2.24) is 0 Å². The Morgan fingerprint density at radius 2 is 1.10 bits per heavy atom. The van der Waals surface area contributed by atoms with Crippen LogP contribution in [-0.4, -0.2) is 46.2 Å². The molecule has 206 valence electrons. The van der Waals surface area contributed by atoms with Gasteiger partial charge in [-0.1, -0.05) is 44.9 Å². The number of ether oxygens (including phenoxy) is 1. The molecule has 3 aromatic carbocycles. The quantitative estimate of drug-likeness (QED) is 0.243. The first-order valence-electron chi connectivity index (χ1n) is 14.7. The summed E-state index contributed by atoms with van der Waals surface area (Å²) in [6.07, 6.45) is 4.70. The zero-order chi connectivity index (χ0) is 27.7. The summed E-state index contributed by atoms with van der Waals surface area (Å²) in [6, 6.07) is 19.7. The first kappa shape index (κ1) is 27.1. The average molecular weight is 526 g/mol. The number of hydrogen-bond acceptors (Lipinski definition) is 5. The summed E-state index contributed by atoms with van der Waals surface area (Å²) in [4.78, 5) is 20.4. The average Bonchev–Trinajstić information content (AvgIpc) is 3.40. The highest BCUT2D eigenvalue weighted by atomic mass is 16.6. The molecule has 0 fully saturated rings. The van der Waals surface area contributed by atoms with Crippen molar-refractivity contribution in [2.24, 2.45) is 0 Å². The largest absolute Gasteiger partial charge is 0.441 e. The monoisotopic (exact) mass is 525 g/mol. The van der Waals surface area contributed by atoms with Gasteiger partial charge >= 0.3 is 5.97 Å². The highest BCUT2D eigenvalue weighted by Crippen LogP contribution is 2.58. The van der Waals surface area contributed by atoms with Crippen LogP contribution < -0.4 is 14.7 Å². The van der Waals surface area contributed by atoms with Crippen LogP contribution >= 0.6 is 0 Å². The molecule has 0 amide bonds. The number of carbonyl (C=O) groups excluding carboxylic acids is 1. The molecule has 3 aromatic rings. The third-order valence-corrected chi connectivity index (χ3v) is 8.48. The minimum atomic E-state index is -0.917. The van der Waals surface area contributed by atoms with Crippen molar-refractivity contribution in [3.63, 3.8) is 0 Å². The minimum Gasteiger partial charge on any atom is -0.441 e. The molecule has 1 unspecified atom stereocenters. The van der Waals surface area contributed by atoms with E-state index in [0.29, 0.717) is 5.56 Å². The fraction of sp³-hybridized carbons (Fsp3) is 0.441. The summed E-state index contributed by atoms with van der Waals surface area (Å²) in [5, 5.41) is 0. The maximum Gasteiger partial charge on any atom is 0.340 e. The molecule has 1 atom stereocenters. The smallest absolute Gasteiger partial charge is 0.340 e. The van der Waals surface area contributed by atoms with Crippen LogP contribution in [0.5, 0.6) is 0 Å². The van der Waals surface area contributed by atoms with Crippen molar-refractivity contribution in [3.05, 3.63) is 76.9 Å². The predicted octanol–water partition coefficient (Wildman–Crippen LogP) is 7.45. The summed E-state index contributed by atoms with van der Waals surface area (Å²) >= 11 is 0. The van der Waals surface area contributed by atoms with Crippen molar-refractivity contribution in [2.45, 2.75) is 59.0 Å². The highest BCUT2D eigenvalue weighted by molar-refractivity contribution is 6.00. The summed E-state index contributed by atoms with van der Waals surface area (Å²) in [7, 11) is 3.99. The summed E-state index contributed by atoms with van der Waals surface area (Å²) in [6.45, 7) is 12.9. The number of hydrogen-bond donors (Lipinski definition) is 0. The molecule has 0 radical (unpaired) electrons. The molecule has 0 N–H and O–H groups in total. The standard InChI is InChI=1S/C34H43N3O2/c1-7-11-19-37(20-12-8-2)26-15-18-31-28(23-26)27-22-25(36(9-3)10-4)14-17-30(27)34(31)32-16-13-24(35(5)6)21-29(32)33(38)39-34/h13-18,21-23H,7-12,19-20H2,1-6H3. The fourth-order valence-corrected chi connectivity index (χ4v) is 6.25. The second kappa shape index (κ2) is 11.0. The van der Waals surface area contributed by atoms with E-state index in [0.717, 1.165) is 48.6 Å². The van der Waals surface area contributed by atoms with Gasteiger partial charge in [-0.25, -0.2) is 4.79 Å². The number of anilines is 3. The lowest BCUT2D eigenvalue weighted by Crippen LogP contribution is -2.28. The summed E-state index contributed by atoms with van der Waals surface area (Å²) in [5.74, 6) is -0.253. The van der Waals surface area contributed by atoms with Gasteiger partial charge in [0.1, 0.15) is 0 Å². The first-order valence-corrected chi connectivity index (χ1v) is 14.7. The van der Waals surface area contributed by atoms with Gasteiger partial charge in [-0.05, 0) is 74.2 Å². The molecule has 1 spiro atoms. The molecule has 5 rings (SSSR count). The van der Waals surface area contributed by atoms with E-state index in [-0.39, 0.29) is 5.97 Å². The normalized spacial score (nSPS) is 16.6. The van der Waals surface area contributed by atoms with Gasteiger partial charge in [-0.3, -0.25) is 0 Å². The fourth-order valence-electron chi connectivity index (χ4n) is 6.25. The Labute approximate surface area is 234 Å². The molecule has 0 saturated carbocycles. The van der Waals surface area contributed by atoms with E-state index in [2.05, 4.69) is 86.0 Å². The molecular weight excluding hydrogens is 482 g/mol. The highest BCUT2D eigenvalue weighted by Gasteiger charge is 2.54. The predicted molar refractivity (Wildman–Crippen MR) is 164 cm³/mol. The number of esters is 1. The summed E-state index contributed by atoms with van der Waals surface area (Å²) in [5.41, 5.74) is 8.59. The van der Waals surface area contributed by atoms with Gasteiger partial charge in [0.15, 0.2) is 5.60 Å². The zero-order valence-corrected chi connectivity index (χ0v) is 24.5. The van der Waals surface area contributed by atoms with E-state index in [1.165, 1.54) is 48.2 Å². The molecule has 2 aliphatic rings. The molecule has 5 heteroatoms. The second-order valence-corrected chi connectivity index (χ2v) is 11.0. The lowest BCUT2D eigenvalue weighted by atomic mass is 9.83. The van der Waals surface area contributed by atoms with Gasteiger partial charge in [0.25, 0.3) is 0 Å². The lowest BCUT2D eigenvalue weighted by molar-refractivity contribution is 0.0264. The molecule has 5 nitrogen and oxygen atoms in total. The maximum atomic E-state index is 13.4. The number of fused-ring (bicyclic) bond motifs is 7. The van der Waals surface area contributed by atoms with Crippen LogP contribution in [0.25, 0.3) is 11.1 Å². The number of unbranched alkanes of at least 4 members (excludes halogenated alkanes) is 2. The second-order valence-electron chi connectivity index (χ2n) is 11.0. The SMILES string of the molecule is CCCCN(CCCC)c1ccc2c(c1)-c1cc(N(CC)CC)ccc1C21OC(=O)c2cc(N(C)C)ccc21. The third kappa shape index (κ3) is 4.46. The van der Waals surface area contributed by atoms with E-state index in [9.17, 15) is 4.79 Å². The number of carbonyl (C=O) groups is 1. The van der Waals surface area contributed by atoms with E-state index < -0.39 is 5.60 Å². The Hall–Kier alpha value is -3.47. The Morgan fingerprint density at radius 3 is 1.59 bits per heavy atom. The molecule has 1 aliphatic carbocycles. The molecule has 39 heavy (non-hydrogen) atoms. The van der Waals surface area contributed by atoms with E-state index in [1.807, 2.05) is 25.1 Å². The van der Waals surface area contributed by atoms with Crippen molar-refractivity contribution >= 4 is 23.0 Å². The Kier molecular flexibility index (Phi) is 7.61. The number of nitrogens with zero attached hydrogens (tertiary/aromatic N) is 3. The van der Waals surface area contributed by atoms with Crippen LogP contribution in [0.3, 0.4) is 0 Å². The molecule has 0 bridgehead atoms. The molecular formula is C34H43N3O2. The van der Waals surface area contributed by atoms with Gasteiger partial charge in [-0.2, -0.15) is 0 Å². The zero-order valence-electron chi connectivity index (χ0n) is 24.5. The van der Waals surface area contributed by atoms with Crippen LogP contribution in [0.1, 0.15) is 80.4 Å². The van der Waals surface area contributed by atoms with Crippen molar-refractivity contribution in [1.29, 1.82) is 0 Å². The molecule has 0 saturated heterocycles. The van der Waals surface area contributed by atoms with Gasteiger partial charge in [0.2, 0.25) is 0 Å². The number of rotatable bonds is 11. The van der Waals surface area contributed by atoms with Gasteiger partial charge in [0, 0.05) is 74.0 Å². The van der Waals surface area contributed by atoms with Crippen LogP contribution in [0, 0.1) is 0 Å². The van der Waals surface area contributed by atoms with E-state index in [4.69, 9.17) is 4.74 Å². The maximum absolute atomic E-state index is 13.4. The van der Waals surface area contributed by atoms with Crippen molar-refractivity contribution < 1.29 is 9.53 Å². The van der Waals surface area contributed by atoms with E-state index >= 15 is 0 Å². The lowest BCUT2D eigenvalue weighted by Gasteiger charge is -2.29. The topological polar surface area (TPSA) is 36.0 Å². The van der Waals surface area contributed by atoms with Gasteiger partial charge in [-0.15, -0.1) is 0 Å². The van der Waals surface area contributed by atoms with Crippen molar-refractivity contribution in [3.8, 4) is 11.1 Å². The minimum absolute atomic E-state index is 0.253. The van der Waals surface area contributed by atoms with Crippen molar-refractivity contribution in [2.75, 3.05) is 55.0 Å². The van der Waals surface area contributed by atoms with Gasteiger partial charge < -0.3 is 19.4 Å².